The van der Waals surface area contributed by atoms with Gasteiger partial charge in [0, 0.05) is 44.5 Å². The van der Waals surface area contributed by atoms with Crippen LogP contribution in [0.25, 0.3) is 0 Å². The molecule has 2 fully saturated rings. The van der Waals surface area contributed by atoms with Crippen LogP contribution in [0.1, 0.15) is 19.3 Å². The zero-order valence-electron chi connectivity index (χ0n) is 11.5. The number of carbonyl (C=O) groups is 1. The molecule has 0 spiro atoms. The Balaban J connectivity index is 1.55. The summed E-state index contributed by atoms with van der Waals surface area (Å²) in [7, 11) is 0. The van der Waals surface area contributed by atoms with Crippen LogP contribution >= 0.6 is 0 Å². The first-order valence-corrected chi connectivity index (χ1v) is 7.23. The highest BCUT2D eigenvalue weighted by Crippen LogP contribution is 2.23. The molecule has 0 bridgehead atoms. The monoisotopic (exact) mass is 276 g/mol. The van der Waals surface area contributed by atoms with Gasteiger partial charge >= 0.3 is 0 Å². The van der Waals surface area contributed by atoms with E-state index in [-0.39, 0.29) is 17.9 Å². The first-order valence-electron chi connectivity index (χ1n) is 7.23. The number of piperidine rings is 1. The second-order valence-electron chi connectivity index (χ2n) is 5.54. The van der Waals surface area contributed by atoms with Gasteiger partial charge in [0.2, 0.25) is 11.9 Å². The SMILES string of the molecule is O=C(C1CCN(c2ncccn2)CC1)N1CC[C@@H](O)C1. The number of rotatable bonds is 2. The standard InChI is InChI=1S/C14H20N4O2/c19-12-4-9-18(10-12)13(20)11-2-7-17(8-3-11)14-15-5-1-6-16-14/h1,5-6,11-12,19H,2-4,7-10H2/t12-/m1/s1. The smallest absolute Gasteiger partial charge is 0.225 e. The average molecular weight is 276 g/mol. The van der Waals surface area contributed by atoms with Crippen molar-refractivity contribution in [3.63, 3.8) is 0 Å². The molecule has 0 aromatic carbocycles. The molecule has 0 aliphatic carbocycles. The van der Waals surface area contributed by atoms with Crippen LogP contribution in [-0.2, 0) is 4.79 Å². The lowest BCUT2D eigenvalue weighted by molar-refractivity contribution is -0.135. The topological polar surface area (TPSA) is 69.6 Å². The molecule has 2 saturated heterocycles. The molecule has 6 heteroatoms. The number of hydrogen-bond donors (Lipinski definition) is 1. The molecule has 3 heterocycles. The Hall–Kier alpha value is -1.69. The van der Waals surface area contributed by atoms with Crippen molar-refractivity contribution < 1.29 is 9.90 Å². The first kappa shape index (κ1) is 13.3. The molecule has 2 aliphatic rings. The average Bonchev–Trinajstić information content (AvgIpc) is 2.94. The van der Waals surface area contributed by atoms with Crippen LogP contribution in [0.5, 0.6) is 0 Å². The summed E-state index contributed by atoms with van der Waals surface area (Å²) in [4.78, 5) is 24.8. The van der Waals surface area contributed by atoms with Gasteiger partial charge in [-0.05, 0) is 25.3 Å². The van der Waals surface area contributed by atoms with Crippen LogP contribution < -0.4 is 4.90 Å². The van der Waals surface area contributed by atoms with Crippen molar-refractivity contribution in [2.45, 2.75) is 25.4 Å². The predicted octanol–water partition coefficient (Wildman–Crippen LogP) is 0.286. The summed E-state index contributed by atoms with van der Waals surface area (Å²) in [5.74, 6) is 1.03. The van der Waals surface area contributed by atoms with Gasteiger partial charge in [-0.3, -0.25) is 4.79 Å². The number of β-amino-alcohol motifs (C(OH)–C–C–N with tert-alkyl or cyclic N) is 1. The number of aliphatic hydroxyl groups excluding tert-OH is 1. The molecule has 0 unspecified atom stereocenters. The summed E-state index contributed by atoms with van der Waals surface area (Å²) in [6.07, 6.45) is 5.53. The van der Waals surface area contributed by atoms with E-state index >= 15 is 0 Å². The van der Waals surface area contributed by atoms with Crippen LogP contribution in [0.4, 0.5) is 5.95 Å². The fourth-order valence-electron chi connectivity index (χ4n) is 2.98. The van der Waals surface area contributed by atoms with E-state index in [1.165, 1.54) is 0 Å². The number of amides is 1. The Labute approximate surface area is 118 Å². The number of anilines is 1. The fourth-order valence-corrected chi connectivity index (χ4v) is 2.98. The maximum Gasteiger partial charge on any atom is 0.225 e. The number of aromatic nitrogens is 2. The van der Waals surface area contributed by atoms with Crippen molar-refractivity contribution in [1.29, 1.82) is 0 Å². The van der Waals surface area contributed by atoms with Gasteiger partial charge in [0.25, 0.3) is 0 Å². The third-order valence-corrected chi connectivity index (χ3v) is 4.15. The lowest BCUT2D eigenvalue weighted by atomic mass is 9.95. The lowest BCUT2D eigenvalue weighted by Crippen LogP contribution is -2.42. The highest BCUT2D eigenvalue weighted by atomic mass is 16.3. The molecule has 0 saturated carbocycles. The van der Waals surface area contributed by atoms with Gasteiger partial charge in [0.15, 0.2) is 0 Å². The summed E-state index contributed by atoms with van der Waals surface area (Å²) < 4.78 is 0. The van der Waals surface area contributed by atoms with Crippen molar-refractivity contribution in [2.75, 3.05) is 31.1 Å². The van der Waals surface area contributed by atoms with Crippen LogP contribution in [0.15, 0.2) is 18.5 Å². The summed E-state index contributed by atoms with van der Waals surface area (Å²) in [6, 6.07) is 1.80. The molecule has 1 atom stereocenters. The third-order valence-electron chi connectivity index (χ3n) is 4.15. The van der Waals surface area contributed by atoms with E-state index in [2.05, 4.69) is 14.9 Å². The largest absolute Gasteiger partial charge is 0.391 e. The van der Waals surface area contributed by atoms with Gasteiger partial charge in [-0.15, -0.1) is 0 Å². The van der Waals surface area contributed by atoms with Crippen molar-refractivity contribution in [1.82, 2.24) is 14.9 Å². The van der Waals surface area contributed by atoms with Gasteiger partial charge in [-0.1, -0.05) is 0 Å². The Morgan fingerprint density at radius 2 is 1.85 bits per heavy atom. The molecule has 3 rings (SSSR count). The molecule has 108 valence electrons. The van der Waals surface area contributed by atoms with Gasteiger partial charge in [-0.25, -0.2) is 9.97 Å². The van der Waals surface area contributed by atoms with Crippen molar-refractivity contribution in [3.8, 4) is 0 Å². The Morgan fingerprint density at radius 3 is 2.45 bits per heavy atom. The second kappa shape index (κ2) is 5.75. The van der Waals surface area contributed by atoms with Gasteiger partial charge in [0.1, 0.15) is 0 Å². The molecular weight excluding hydrogens is 256 g/mol. The van der Waals surface area contributed by atoms with Crippen LogP contribution in [-0.4, -0.2) is 58.2 Å². The fraction of sp³-hybridized carbons (Fsp3) is 0.643. The Bertz CT molecular complexity index is 460. The Morgan fingerprint density at radius 1 is 1.15 bits per heavy atom. The van der Waals surface area contributed by atoms with E-state index < -0.39 is 0 Å². The molecule has 1 amide bonds. The molecule has 1 N–H and O–H groups in total. The first-order chi connectivity index (χ1) is 9.74. The van der Waals surface area contributed by atoms with Crippen LogP contribution in [0.2, 0.25) is 0 Å². The lowest BCUT2D eigenvalue weighted by Gasteiger charge is -2.33. The van der Waals surface area contributed by atoms with Gasteiger partial charge < -0.3 is 14.9 Å². The molecule has 6 nitrogen and oxygen atoms in total. The molecule has 2 aliphatic heterocycles. The molecule has 1 aromatic heterocycles. The third kappa shape index (κ3) is 2.75. The highest BCUT2D eigenvalue weighted by Gasteiger charge is 2.32. The van der Waals surface area contributed by atoms with Crippen LogP contribution in [0, 0.1) is 5.92 Å². The Kier molecular flexibility index (Phi) is 3.82. The van der Waals surface area contributed by atoms with E-state index in [0.29, 0.717) is 19.5 Å². The summed E-state index contributed by atoms with van der Waals surface area (Å²) in [5.41, 5.74) is 0. The highest BCUT2D eigenvalue weighted by molar-refractivity contribution is 5.79. The maximum atomic E-state index is 12.4. The van der Waals surface area contributed by atoms with E-state index in [0.717, 1.165) is 31.9 Å². The van der Waals surface area contributed by atoms with Crippen molar-refractivity contribution in [3.05, 3.63) is 18.5 Å². The number of nitrogens with zero attached hydrogens (tertiary/aromatic N) is 4. The number of aliphatic hydroxyl groups is 1. The summed E-state index contributed by atoms with van der Waals surface area (Å²) >= 11 is 0. The number of carbonyl (C=O) groups excluding carboxylic acids is 1. The minimum absolute atomic E-state index is 0.0836. The minimum atomic E-state index is -0.336. The van der Waals surface area contributed by atoms with Crippen molar-refractivity contribution >= 4 is 11.9 Å². The molecule has 0 radical (unpaired) electrons. The molecular formula is C14H20N4O2. The van der Waals surface area contributed by atoms with Crippen molar-refractivity contribution in [2.24, 2.45) is 5.92 Å². The number of hydrogen-bond acceptors (Lipinski definition) is 5. The predicted molar refractivity (Wildman–Crippen MR) is 74.2 cm³/mol. The summed E-state index contributed by atoms with van der Waals surface area (Å²) in [5, 5.41) is 9.52. The zero-order chi connectivity index (χ0) is 13.9. The summed E-state index contributed by atoms with van der Waals surface area (Å²) in [6.45, 7) is 2.83. The number of likely N-dealkylation sites (tertiary alicyclic amines) is 1. The van der Waals surface area contributed by atoms with E-state index in [1.807, 2.05) is 4.90 Å². The van der Waals surface area contributed by atoms with E-state index in [4.69, 9.17) is 0 Å². The van der Waals surface area contributed by atoms with E-state index in [9.17, 15) is 9.90 Å². The zero-order valence-corrected chi connectivity index (χ0v) is 11.5. The van der Waals surface area contributed by atoms with Gasteiger partial charge in [-0.2, -0.15) is 0 Å². The maximum absolute atomic E-state index is 12.4. The van der Waals surface area contributed by atoms with Crippen LogP contribution in [0.3, 0.4) is 0 Å². The van der Waals surface area contributed by atoms with Gasteiger partial charge in [0.05, 0.1) is 6.10 Å². The second-order valence-corrected chi connectivity index (χ2v) is 5.54. The normalized spacial score (nSPS) is 24.1. The molecule has 1 aromatic rings. The quantitative estimate of drug-likeness (QED) is 0.840. The van der Waals surface area contributed by atoms with E-state index in [1.54, 1.807) is 18.5 Å². The minimum Gasteiger partial charge on any atom is -0.391 e. The molecule has 20 heavy (non-hydrogen) atoms.